The van der Waals surface area contributed by atoms with E-state index in [1.54, 1.807) is 6.20 Å². The summed E-state index contributed by atoms with van der Waals surface area (Å²) in [6.45, 7) is 7.39. The van der Waals surface area contributed by atoms with Crippen molar-refractivity contribution in [3.63, 3.8) is 0 Å². The zero-order chi connectivity index (χ0) is 18.5. The molecule has 27 heavy (non-hydrogen) atoms. The Morgan fingerprint density at radius 1 is 1.26 bits per heavy atom. The van der Waals surface area contributed by atoms with E-state index in [9.17, 15) is 0 Å². The summed E-state index contributed by atoms with van der Waals surface area (Å²) in [7, 11) is 0. The molecule has 0 unspecified atom stereocenters. The largest absolute Gasteiger partial charge is 0.465 e. The highest BCUT2D eigenvalue weighted by Crippen LogP contribution is 2.42. The second kappa shape index (κ2) is 8.55. The molecular weight excluding hydrogens is 340 g/mol. The summed E-state index contributed by atoms with van der Waals surface area (Å²) in [6, 6.07) is 8.15. The summed E-state index contributed by atoms with van der Waals surface area (Å²) in [4.78, 5) is 6.62. The van der Waals surface area contributed by atoms with Crippen LogP contribution in [0.4, 0.5) is 0 Å². The van der Waals surface area contributed by atoms with Crippen LogP contribution in [0.5, 0.6) is 0 Å². The fourth-order valence-electron chi connectivity index (χ4n) is 4.52. The van der Waals surface area contributed by atoms with Crippen LogP contribution in [-0.4, -0.2) is 41.8 Å². The van der Waals surface area contributed by atoms with Crippen LogP contribution in [0.2, 0.25) is 0 Å². The van der Waals surface area contributed by atoms with Gasteiger partial charge in [0.05, 0.1) is 18.8 Å². The van der Waals surface area contributed by atoms with Crippen LogP contribution in [0, 0.1) is 12.8 Å². The van der Waals surface area contributed by atoms with E-state index < -0.39 is 0 Å². The number of pyridine rings is 1. The molecule has 5 nitrogen and oxygen atoms in total. The minimum absolute atomic E-state index is 0.0627. The third-order valence-corrected chi connectivity index (χ3v) is 6.08. The van der Waals surface area contributed by atoms with Gasteiger partial charge in [-0.1, -0.05) is 6.07 Å². The van der Waals surface area contributed by atoms with Gasteiger partial charge in [-0.3, -0.25) is 9.88 Å². The number of aromatic nitrogens is 1. The SMILES string of the molecule is Cc1ccc(CN2CCC3(CC2)OCC[C@@H]3CCOCc2cccnc2)o1. The number of nitrogens with zero attached hydrogens (tertiary/aromatic N) is 2. The molecule has 0 bridgehead atoms. The maximum absolute atomic E-state index is 6.30. The molecule has 2 fully saturated rings. The lowest BCUT2D eigenvalue weighted by Gasteiger charge is -2.42. The standard InChI is InChI=1S/C22H30N2O3/c1-18-4-5-21(27-18)16-24-11-8-22(9-12-24)20(7-14-26-22)6-13-25-17-19-3-2-10-23-15-19/h2-5,10,15,20H,6-9,11-14,16-17H2,1H3/t20-/m0/s1. The fourth-order valence-corrected chi connectivity index (χ4v) is 4.52. The lowest BCUT2D eigenvalue weighted by molar-refractivity contribution is -0.0740. The van der Waals surface area contributed by atoms with Crippen molar-refractivity contribution in [3.8, 4) is 0 Å². The van der Waals surface area contributed by atoms with Crippen molar-refractivity contribution in [2.24, 2.45) is 5.92 Å². The van der Waals surface area contributed by atoms with Crippen LogP contribution in [0.25, 0.3) is 0 Å². The Balaban J connectivity index is 1.23. The maximum Gasteiger partial charge on any atom is 0.118 e. The monoisotopic (exact) mass is 370 g/mol. The molecule has 2 aromatic heterocycles. The van der Waals surface area contributed by atoms with Gasteiger partial charge < -0.3 is 13.9 Å². The van der Waals surface area contributed by atoms with Gasteiger partial charge in [-0.25, -0.2) is 0 Å². The molecule has 0 amide bonds. The number of furan rings is 1. The van der Waals surface area contributed by atoms with Crippen molar-refractivity contribution in [1.82, 2.24) is 9.88 Å². The molecule has 4 rings (SSSR count). The fraction of sp³-hybridized carbons (Fsp3) is 0.591. The van der Waals surface area contributed by atoms with Gasteiger partial charge in [0, 0.05) is 38.7 Å². The summed E-state index contributed by atoms with van der Waals surface area (Å²) in [5.41, 5.74) is 1.20. The first-order valence-corrected chi connectivity index (χ1v) is 10.1. The molecule has 0 saturated carbocycles. The van der Waals surface area contributed by atoms with E-state index in [2.05, 4.69) is 22.0 Å². The lowest BCUT2D eigenvalue weighted by Crippen LogP contribution is -2.47. The molecule has 2 saturated heterocycles. The summed E-state index contributed by atoms with van der Waals surface area (Å²) in [5.74, 6) is 2.67. The van der Waals surface area contributed by atoms with Gasteiger partial charge in [-0.05, 0) is 62.3 Å². The van der Waals surface area contributed by atoms with E-state index in [4.69, 9.17) is 13.9 Å². The second-order valence-electron chi connectivity index (χ2n) is 7.89. The predicted molar refractivity (Wildman–Crippen MR) is 103 cm³/mol. The Labute approximate surface area is 161 Å². The summed E-state index contributed by atoms with van der Waals surface area (Å²) in [6.07, 6.45) is 8.13. The molecule has 0 aromatic carbocycles. The lowest BCUT2D eigenvalue weighted by atomic mass is 9.78. The van der Waals surface area contributed by atoms with Crippen LogP contribution in [0.15, 0.2) is 41.1 Å². The Morgan fingerprint density at radius 2 is 2.15 bits per heavy atom. The Kier molecular flexibility index (Phi) is 5.91. The molecular formula is C22H30N2O3. The Bertz CT molecular complexity index is 707. The minimum atomic E-state index is 0.0627. The van der Waals surface area contributed by atoms with Gasteiger partial charge in [0.15, 0.2) is 0 Å². The molecule has 0 radical (unpaired) electrons. The molecule has 2 aromatic rings. The molecule has 2 aliphatic heterocycles. The van der Waals surface area contributed by atoms with Crippen molar-refractivity contribution in [1.29, 1.82) is 0 Å². The zero-order valence-electron chi connectivity index (χ0n) is 16.2. The van der Waals surface area contributed by atoms with E-state index in [0.29, 0.717) is 12.5 Å². The molecule has 0 aliphatic carbocycles. The quantitative estimate of drug-likeness (QED) is 0.691. The first-order valence-electron chi connectivity index (χ1n) is 10.1. The van der Waals surface area contributed by atoms with Crippen LogP contribution in [0.3, 0.4) is 0 Å². The second-order valence-corrected chi connectivity index (χ2v) is 7.89. The molecule has 2 aliphatic rings. The van der Waals surface area contributed by atoms with Crippen molar-refractivity contribution in [3.05, 3.63) is 53.7 Å². The summed E-state index contributed by atoms with van der Waals surface area (Å²) in [5, 5.41) is 0. The number of ether oxygens (including phenoxy) is 2. The molecule has 4 heterocycles. The number of hydrogen-bond donors (Lipinski definition) is 0. The van der Waals surface area contributed by atoms with E-state index in [0.717, 1.165) is 75.6 Å². The normalized spacial score (nSPS) is 22.5. The van der Waals surface area contributed by atoms with Crippen molar-refractivity contribution in [2.45, 2.75) is 51.4 Å². The smallest absolute Gasteiger partial charge is 0.118 e. The maximum atomic E-state index is 6.30. The highest BCUT2D eigenvalue weighted by molar-refractivity contribution is 5.07. The first kappa shape index (κ1) is 18.7. The average Bonchev–Trinajstić information content (AvgIpc) is 3.28. The van der Waals surface area contributed by atoms with Crippen LogP contribution in [-0.2, 0) is 22.6 Å². The van der Waals surface area contributed by atoms with Gasteiger partial charge in [0.25, 0.3) is 0 Å². The van der Waals surface area contributed by atoms with E-state index in [1.807, 2.05) is 25.3 Å². The van der Waals surface area contributed by atoms with Gasteiger partial charge in [-0.2, -0.15) is 0 Å². The van der Waals surface area contributed by atoms with Crippen molar-refractivity contribution >= 4 is 0 Å². The number of aryl methyl sites for hydroxylation is 1. The van der Waals surface area contributed by atoms with Gasteiger partial charge in [0.2, 0.25) is 0 Å². The van der Waals surface area contributed by atoms with Crippen LogP contribution >= 0.6 is 0 Å². The number of hydrogen-bond acceptors (Lipinski definition) is 5. The van der Waals surface area contributed by atoms with E-state index >= 15 is 0 Å². The number of rotatable bonds is 7. The highest BCUT2D eigenvalue weighted by atomic mass is 16.5. The number of likely N-dealkylation sites (tertiary alicyclic amines) is 1. The zero-order valence-corrected chi connectivity index (χ0v) is 16.2. The predicted octanol–water partition coefficient (Wildman–Crippen LogP) is 3.96. The van der Waals surface area contributed by atoms with E-state index in [1.165, 1.54) is 0 Å². The van der Waals surface area contributed by atoms with Crippen LogP contribution in [0.1, 0.15) is 42.8 Å². The Morgan fingerprint density at radius 3 is 2.89 bits per heavy atom. The summed E-state index contributed by atoms with van der Waals surface area (Å²) < 4.78 is 17.9. The highest BCUT2D eigenvalue weighted by Gasteiger charge is 2.45. The summed E-state index contributed by atoms with van der Waals surface area (Å²) >= 11 is 0. The average molecular weight is 370 g/mol. The topological polar surface area (TPSA) is 47.7 Å². The van der Waals surface area contributed by atoms with Gasteiger partial charge in [-0.15, -0.1) is 0 Å². The Hall–Kier alpha value is -1.69. The molecule has 146 valence electrons. The molecule has 0 N–H and O–H groups in total. The van der Waals surface area contributed by atoms with Crippen molar-refractivity contribution in [2.75, 3.05) is 26.3 Å². The third-order valence-electron chi connectivity index (χ3n) is 6.08. The van der Waals surface area contributed by atoms with Gasteiger partial charge in [0.1, 0.15) is 11.5 Å². The number of piperidine rings is 1. The van der Waals surface area contributed by atoms with Gasteiger partial charge >= 0.3 is 0 Å². The minimum Gasteiger partial charge on any atom is -0.465 e. The molecule has 1 atom stereocenters. The van der Waals surface area contributed by atoms with E-state index in [-0.39, 0.29) is 5.60 Å². The molecule has 1 spiro atoms. The first-order chi connectivity index (χ1) is 13.2. The molecule has 5 heteroatoms. The third kappa shape index (κ3) is 4.60. The van der Waals surface area contributed by atoms with Crippen LogP contribution < -0.4 is 0 Å². The van der Waals surface area contributed by atoms with Crippen molar-refractivity contribution < 1.29 is 13.9 Å².